The normalized spacial score (nSPS) is 12.8. The van der Waals surface area contributed by atoms with E-state index in [0.29, 0.717) is 101 Å². The summed E-state index contributed by atoms with van der Waals surface area (Å²) in [4.78, 5) is 65.7. The molecule has 4 aromatic carbocycles. The lowest BCUT2D eigenvalue weighted by atomic mass is 9.79. The average Bonchev–Trinajstić information content (AvgIpc) is 1.18. The first kappa shape index (κ1) is 72.7. The van der Waals surface area contributed by atoms with Gasteiger partial charge < -0.3 is 38.5 Å². The Bertz CT molecular complexity index is 2450. The molecule has 0 N–H and O–H groups in total. The van der Waals surface area contributed by atoms with Gasteiger partial charge in [-0.1, -0.05) is 187 Å². The van der Waals surface area contributed by atoms with Crippen LogP contribution in [0.15, 0.2) is 48.5 Å². The van der Waals surface area contributed by atoms with Crippen LogP contribution in [0, 0.1) is 0 Å². The van der Waals surface area contributed by atoms with Crippen LogP contribution >= 0.6 is 0 Å². The highest BCUT2D eigenvalue weighted by Crippen LogP contribution is 2.45. The maximum Gasteiger partial charge on any atom is 0.260 e. The predicted octanol–water partition coefficient (Wildman–Crippen LogP) is 15.7. The van der Waals surface area contributed by atoms with Crippen LogP contribution in [0.3, 0.4) is 0 Å². The molecule has 488 valence electrons. The second kappa shape index (κ2) is 32.6. The molecule has 12 nitrogen and oxygen atoms in total. The molecule has 8 bridgehead atoms. The van der Waals surface area contributed by atoms with Crippen molar-refractivity contribution in [2.24, 2.45) is 0 Å². The molecule has 1 aliphatic carbocycles. The van der Waals surface area contributed by atoms with Crippen LogP contribution in [0.5, 0.6) is 23.0 Å². The van der Waals surface area contributed by atoms with E-state index in [1.54, 1.807) is 0 Å². The second-order valence-corrected chi connectivity index (χ2v) is 28.9. The molecule has 0 aromatic heterocycles. The summed E-state index contributed by atoms with van der Waals surface area (Å²) in [5.74, 6) is 2.16. The first-order chi connectivity index (χ1) is 41.5. The number of hydrogen-bond donors (Lipinski definition) is 0. The third-order valence-electron chi connectivity index (χ3n) is 16.7. The number of amides is 4. The minimum absolute atomic E-state index is 0.0758. The molecule has 0 fully saturated rings. The number of benzene rings is 4. The van der Waals surface area contributed by atoms with Gasteiger partial charge in [0.25, 0.3) is 23.6 Å². The highest BCUT2D eigenvalue weighted by atomic mass is 16.5. The van der Waals surface area contributed by atoms with E-state index in [1.807, 2.05) is 19.6 Å². The van der Waals surface area contributed by atoms with E-state index in [4.69, 9.17) is 18.9 Å². The molecule has 12 heteroatoms. The predicted molar refractivity (Wildman–Crippen MR) is 362 cm³/mol. The Balaban J connectivity index is 2.06. The zero-order valence-corrected chi connectivity index (χ0v) is 58.6. The van der Waals surface area contributed by atoms with Gasteiger partial charge in [0, 0.05) is 78.0 Å². The summed E-state index contributed by atoms with van der Waals surface area (Å²) in [6.45, 7) is 47.9. The van der Waals surface area contributed by atoms with Gasteiger partial charge in [-0.2, -0.15) is 0 Å². The first-order valence-corrected chi connectivity index (χ1v) is 33.7. The van der Waals surface area contributed by atoms with Crippen LogP contribution in [-0.2, 0) is 66.5 Å². The lowest BCUT2D eigenvalue weighted by Gasteiger charge is -2.30. The molecule has 5 rings (SSSR count). The van der Waals surface area contributed by atoms with E-state index in [-0.39, 0.29) is 71.7 Å². The number of rotatable bonds is 28. The molecule has 0 saturated heterocycles. The lowest BCUT2D eigenvalue weighted by molar-refractivity contribution is -0.134. The fourth-order valence-electron chi connectivity index (χ4n) is 11.9. The Hall–Kier alpha value is -6.04. The van der Waals surface area contributed by atoms with Crippen molar-refractivity contribution in [2.75, 3.05) is 78.8 Å². The van der Waals surface area contributed by atoms with Crippen molar-refractivity contribution >= 4 is 23.6 Å². The van der Waals surface area contributed by atoms with Gasteiger partial charge in [0.05, 0.1) is 0 Å². The Morgan fingerprint density at radius 3 is 0.534 bits per heavy atom. The van der Waals surface area contributed by atoms with Crippen molar-refractivity contribution in [3.63, 3.8) is 0 Å². The number of carbonyl (C=O) groups is 4. The fraction of sp³-hybridized carbons (Fsp3) is 0.632. The van der Waals surface area contributed by atoms with E-state index in [1.165, 1.54) is 0 Å². The molecule has 0 radical (unpaired) electrons. The topological polar surface area (TPSA) is 118 Å². The van der Waals surface area contributed by atoms with Gasteiger partial charge in [0.2, 0.25) is 0 Å². The van der Waals surface area contributed by atoms with Crippen LogP contribution in [0.25, 0.3) is 0 Å². The van der Waals surface area contributed by atoms with Gasteiger partial charge in [-0.25, -0.2) is 0 Å². The smallest absolute Gasteiger partial charge is 0.260 e. The summed E-state index contributed by atoms with van der Waals surface area (Å²) in [5.41, 5.74) is 10.1. The molecule has 88 heavy (non-hydrogen) atoms. The van der Waals surface area contributed by atoms with Crippen molar-refractivity contribution in [1.29, 1.82) is 0 Å². The Labute approximate surface area is 533 Å². The van der Waals surface area contributed by atoms with Crippen molar-refractivity contribution in [2.45, 2.75) is 237 Å². The minimum Gasteiger partial charge on any atom is -0.483 e. The summed E-state index contributed by atoms with van der Waals surface area (Å²) in [6, 6.07) is 18.0. The SMILES string of the molecule is CCCN(CCC)C(=O)COc1c2cc(C(C)(C)C)cc1Cc1cc(C(C)(C)C)cc(c1OCC(=O)N(CCC)CCC)Cc1cc(C(C)(C)C)cc(c1OCC(=O)N(CCC)CCC)Cc1cc(C(C)(C)C)cc(c1OCC(=O)N(CCC)CCC)C2. The highest BCUT2D eigenvalue weighted by Gasteiger charge is 2.32. The van der Waals surface area contributed by atoms with E-state index in [2.05, 4.69) is 187 Å². The number of ether oxygens (including phenoxy) is 4. The maximum atomic E-state index is 14.5. The molecule has 4 aromatic rings. The Kier molecular flexibility index (Phi) is 27.0. The maximum absolute atomic E-state index is 14.5. The third kappa shape index (κ3) is 20.0. The second-order valence-electron chi connectivity index (χ2n) is 28.9. The lowest BCUT2D eigenvalue weighted by Crippen LogP contribution is -2.36. The van der Waals surface area contributed by atoms with Gasteiger partial charge in [-0.3, -0.25) is 19.2 Å². The van der Waals surface area contributed by atoms with Crippen molar-refractivity contribution in [1.82, 2.24) is 19.6 Å². The number of hydrogen-bond acceptors (Lipinski definition) is 8. The van der Waals surface area contributed by atoms with Crippen LogP contribution in [0.1, 0.15) is 257 Å². The summed E-state index contributed by atoms with van der Waals surface area (Å²) >= 11 is 0. The molecule has 1 aliphatic rings. The third-order valence-corrected chi connectivity index (χ3v) is 16.7. The standard InChI is InChI=1S/C76H116N4O8/c1-21-29-77(30-22-2)65(81)49-85-69-53-37-55-43-62(74(12,13)14)45-57(70(55)86-50-66(82)78(31-23-3)32-24-4)39-59-47-64(76(18,19)20)48-60(72(59)88-52-68(84)80(35-27-7)36-28-8)40-58-46-63(75(15,16)17)44-56(38-54(69)42-61(41-53)73(9,10)11)71(58)87-51-67(83)79(33-25-5)34-26-6/h41-48H,21-40,49-52H2,1-20H3. The largest absolute Gasteiger partial charge is 0.483 e. The van der Waals surface area contributed by atoms with Gasteiger partial charge in [0.15, 0.2) is 26.4 Å². The molecule has 0 unspecified atom stereocenters. The summed E-state index contributed by atoms with van der Waals surface area (Å²) in [6.07, 6.45) is 7.96. The number of carbonyl (C=O) groups excluding carboxylic acids is 4. The quantitative estimate of drug-likeness (QED) is 0.0486. The van der Waals surface area contributed by atoms with Gasteiger partial charge in [0.1, 0.15) is 23.0 Å². The van der Waals surface area contributed by atoms with Crippen molar-refractivity contribution < 1.29 is 38.1 Å². The summed E-state index contributed by atoms with van der Waals surface area (Å²) in [7, 11) is 0. The average molecular weight is 1210 g/mol. The zero-order valence-electron chi connectivity index (χ0n) is 58.6. The Morgan fingerprint density at radius 1 is 0.284 bits per heavy atom. The summed E-state index contributed by atoms with van der Waals surface area (Å²) < 4.78 is 28.6. The van der Waals surface area contributed by atoms with Gasteiger partial charge in [-0.05, 0) is 140 Å². The molecule has 0 saturated carbocycles. The minimum atomic E-state index is -0.328. The van der Waals surface area contributed by atoms with Crippen molar-refractivity contribution in [3.8, 4) is 23.0 Å². The molecule has 0 atom stereocenters. The zero-order chi connectivity index (χ0) is 65.3. The Morgan fingerprint density at radius 2 is 0.420 bits per heavy atom. The fourth-order valence-corrected chi connectivity index (χ4v) is 11.9. The summed E-state index contributed by atoms with van der Waals surface area (Å²) in [5, 5.41) is 0. The van der Waals surface area contributed by atoms with Crippen LogP contribution in [-0.4, -0.2) is 122 Å². The molecule has 0 spiro atoms. The van der Waals surface area contributed by atoms with E-state index >= 15 is 0 Å². The first-order valence-electron chi connectivity index (χ1n) is 33.7. The van der Waals surface area contributed by atoms with Gasteiger partial charge >= 0.3 is 0 Å². The molecular formula is C76H116N4O8. The molecule has 0 aliphatic heterocycles. The number of nitrogens with zero attached hydrogens (tertiary/aromatic N) is 4. The molecule has 0 heterocycles. The van der Waals surface area contributed by atoms with E-state index in [9.17, 15) is 19.2 Å². The highest BCUT2D eigenvalue weighted by molar-refractivity contribution is 5.80. The van der Waals surface area contributed by atoms with Crippen LogP contribution in [0.2, 0.25) is 0 Å². The number of fused-ring (bicyclic) bond motifs is 8. The van der Waals surface area contributed by atoms with E-state index in [0.717, 1.165) is 118 Å². The van der Waals surface area contributed by atoms with Crippen LogP contribution in [0.4, 0.5) is 0 Å². The van der Waals surface area contributed by atoms with E-state index < -0.39 is 0 Å². The van der Waals surface area contributed by atoms with Gasteiger partial charge in [-0.15, -0.1) is 0 Å². The monoisotopic (exact) mass is 1210 g/mol. The molecule has 4 amide bonds. The van der Waals surface area contributed by atoms with Crippen molar-refractivity contribution in [3.05, 3.63) is 115 Å². The molecular weight excluding hydrogens is 1100 g/mol. The van der Waals surface area contributed by atoms with Crippen LogP contribution < -0.4 is 18.9 Å².